The van der Waals surface area contributed by atoms with Crippen LogP contribution in [0.4, 0.5) is 4.39 Å². The van der Waals surface area contributed by atoms with Gasteiger partial charge in [-0.25, -0.2) is 4.39 Å². The minimum Gasteiger partial charge on any atom is -0.212 e. The van der Waals surface area contributed by atoms with E-state index in [2.05, 4.69) is 0 Å². The predicted octanol–water partition coefficient (Wildman–Crippen LogP) is 2.27. The first-order valence-electron chi connectivity index (χ1n) is 2.09. The summed E-state index contributed by atoms with van der Waals surface area (Å²) in [5.74, 6) is -0.0856. The molecular weight excluding hydrogens is 79.1 g/mol. The van der Waals surface area contributed by atoms with Crippen molar-refractivity contribution in [1.29, 1.82) is 0 Å². The highest BCUT2D eigenvalue weighted by molar-refractivity contribution is 4.84. The molecule has 0 aromatic heterocycles. The summed E-state index contributed by atoms with van der Waals surface area (Å²) in [5, 5.41) is 0. The van der Waals surface area contributed by atoms with E-state index in [1.54, 1.807) is 6.08 Å². The molecule has 0 bridgehead atoms. The Balaban J connectivity index is 3.14. The van der Waals surface area contributed by atoms with Crippen molar-refractivity contribution in [2.45, 2.75) is 20.3 Å². The lowest BCUT2D eigenvalue weighted by molar-refractivity contribution is 0.635. The molecule has 0 aromatic rings. The van der Waals surface area contributed by atoms with Crippen LogP contribution in [0.2, 0.25) is 0 Å². The van der Waals surface area contributed by atoms with E-state index in [1.807, 2.05) is 6.92 Å². The van der Waals surface area contributed by atoms with Gasteiger partial charge in [-0.15, -0.1) is 0 Å². The Morgan fingerprint density at radius 3 is 2.33 bits per heavy atom. The van der Waals surface area contributed by atoms with Crippen molar-refractivity contribution in [2.75, 3.05) is 0 Å². The summed E-state index contributed by atoms with van der Waals surface area (Å²) in [6.45, 7) is 3.35. The maximum absolute atomic E-state index is 11.6. The summed E-state index contributed by atoms with van der Waals surface area (Å²) in [6.07, 6.45) is 2.34. The Kier molecular flexibility index (Phi) is 2.73. The summed E-state index contributed by atoms with van der Waals surface area (Å²) in [6, 6.07) is 0. The van der Waals surface area contributed by atoms with Crippen LogP contribution in [-0.2, 0) is 0 Å². The smallest absolute Gasteiger partial charge is 0.0928 e. The van der Waals surface area contributed by atoms with Crippen LogP contribution in [-0.4, -0.2) is 0 Å². The van der Waals surface area contributed by atoms with Crippen LogP contribution in [0.1, 0.15) is 20.3 Å². The molecule has 0 saturated heterocycles. The predicted molar refractivity (Wildman–Crippen MR) is 25.2 cm³/mol. The Morgan fingerprint density at radius 2 is 2.33 bits per heavy atom. The number of rotatable bonds is 1. The molecule has 0 aromatic carbocycles. The van der Waals surface area contributed by atoms with Gasteiger partial charge in [0.1, 0.15) is 0 Å². The van der Waals surface area contributed by atoms with Gasteiger partial charge in [0, 0.05) is 0 Å². The minimum atomic E-state index is -0.0856. The van der Waals surface area contributed by atoms with E-state index >= 15 is 0 Å². The van der Waals surface area contributed by atoms with Crippen molar-refractivity contribution in [3.05, 3.63) is 11.9 Å². The second-order valence-corrected chi connectivity index (χ2v) is 1.20. The summed E-state index contributed by atoms with van der Waals surface area (Å²) in [4.78, 5) is 0. The quantitative estimate of drug-likeness (QED) is 0.461. The van der Waals surface area contributed by atoms with Gasteiger partial charge in [-0.2, -0.15) is 0 Å². The molecule has 0 atom stereocenters. The molecule has 0 aliphatic heterocycles. The molecule has 0 N–H and O–H groups in total. The fourth-order valence-electron chi connectivity index (χ4n) is 0.281. The first-order chi connectivity index (χ1) is 2.77. The number of allylic oxidation sites excluding steroid dienone is 2. The average Bonchev–Trinajstić information content (AvgIpc) is 1.35. The normalized spacial score (nSPS) is 12.2. The average molecular weight is 88.1 g/mol. The molecule has 0 nitrogen and oxygen atoms in total. The zero-order valence-electron chi connectivity index (χ0n) is 4.16. The summed E-state index contributed by atoms with van der Waals surface area (Å²) in [5.41, 5.74) is 0. The van der Waals surface area contributed by atoms with Gasteiger partial charge < -0.3 is 0 Å². The van der Waals surface area contributed by atoms with Crippen LogP contribution in [0.25, 0.3) is 0 Å². The third-order valence-corrected chi connectivity index (χ3v) is 0.485. The Hall–Kier alpha value is -0.330. The van der Waals surface area contributed by atoms with Crippen LogP contribution in [0.15, 0.2) is 11.9 Å². The van der Waals surface area contributed by atoms with Crippen LogP contribution in [0.5, 0.6) is 0 Å². The second kappa shape index (κ2) is 2.88. The van der Waals surface area contributed by atoms with Crippen molar-refractivity contribution >= 4 is 0 Å². The molecule has 0 saturated carbocycles. The SMILES string of the molecule is CCC=C(C)F. The van der Waals surface area contributed by atoms with Crippen molar-refractivity contribution in [1.82, 2.24) is 0 Å². The van der Waals surface area contributed by atoms with E-state index in [0.717, 1.165) is 6.42 Å². The lowest BCUT2D eigenvalue weighted by Gasteiger charge is -1.75. The first-order valence-corrected chi connectivity index (χ1v) is 2.09. The Bertz CT molecular complexity index is 51.0. The van der Waals surface area contributed by atoms with Gasteiger partial charge in [-0.3, -0.25) is 0 Å². The zero-order chi connectivity index (χ0) is 4.99. The van der Waals surface area contributed by atoms with Crippen LogP contribution >= 0.6 is 0 Å². The largest absolute Gasteiger partial charge is 0.212 e. The topological polar surface area (TPSA) is 0 Å². The van der Waals surface area contributed by atoms with E-state index in [1.165, 1.54) is 6.92 Å². The lowest BCUT2D eigenvalue weighted by atomic mass is 10.4. The van der Waals surface area contributed by atoms with Gasteiger partial charge in [-0.05, 0) is 13.3 Å². The van der Waals surface area contributed by atoms with Gasteiger partial charge in [0.05, 0.1) is 5.83 Å². The molecule has 6 heavy (non-hydrogen) atoms. The van der Waals surface area contributed by atoms with E-state index < -0.39 is 0 Å². The molecule has 0 aliphatic carbocycles. The summed E-state index contributed by atoms with van der Waals surface area (Å²) < 4.78 is 11.6. The minimum absolute atomic E-state index is 0.0856. The maximum atomic E-state index is 11.6. The van der Waals surface area contributed by atoms with E-state index in [9.17, 15) is 4.39 Å². The zero-order valence-corrected chi connectivity index (χ0v) is 4.16. The fraction of sp³-hybridized carbons (Fsp3) is 0.600. The molecule has 1 heteroatoms. The first kappa shape index (κ1) is 5.67. The highest BCUT2D eigenvalue weighted by Gasteiger charge is 1.72. The van der Waals surface area contributed by atoms with Gasteiger partial charge in [0.25, 0.3) is 0 Å². The second-order valence-electron chi connectivity index (χ2n) is 1.20. The van der Waals surface area contributed by atoms with Crippen LogP contribution in [0, 0.1) is 0 Å². The summed E-state index contributed by atoms with van der Waals surface area (Å²) in [7, 11) is 0. The third kappa shape index (κ3) is 3.67. The van der Waals surface area contributed by atoms with Gasteiger partial charge in [-0.1, -0.05) is 13.0 Å². The molecule has 0 rings (SSSR count). The maximum Gasteiger partial charge on any atom is 0.0928 e. The highest BCUT2D eigenvalue weighted by Crippen LogP contribution is 1.92. The monoisotopic (exact) mass is 88.1 g/mol. The molecule has 0 radical (unpaired) electrons. The number of hydrogen-bond donors (Lipinski definition) is 0. The molecule has 0 aliphatic rings. The molecular formula is C5H9F. The van der Waals surface area contributed by atoms with Gasteiger partial charge in [0.15, 0.2) is 0 Å². The van der Waals surface area contributed by atoms with Crippen molar-refractivity contribution < 1.29 is 4.39 Å². The molecule has 0 fully saturated rings. The van der Waals surface area contributed by atoms with Crippen molar-refractivity contribution in [2.24, 2.45) is 0 Å². The van der Waals surface area contributed by atoms with Crippen molar-refractivity contribution in [3.8, 4) is 0 Å². The molecule has 0 amide bonds. The summed E-state index contributed by atoms with van der Waals surface area (Å²) >= 11 is 0. The highest BCUT2D eigenvalue weighted by atomic mass is 19.1. The Labute approximate surface area is 37.7 Å². The fourth-order valence-corrected chi connectivity index (χ4v) is 0.281. The Morgan fingerprint density at radius 1 is 1.83 bits per heavy atom. The van der Waals surface area contributed by atoms with E-state index in [0.29, 0.717) is 0 Å². The molecule has 0 spiro atoms. The number of halogens is 1. The van der Waals surface area contributed by atoms with Gasteiger partial charge >= 0.3 is 0 Å². The van der Waals surface area contributed by atoms with Crippen LogP contribution < -0.4 is 0 Å². The number of hydrogen-bond acceptors (Lipinski definition) is 0. The molecule has 36 valence electrons. The third-order valence-electron chi connectivity index (χ3n) is 0.485. The lowest BCUT2D eigenvalue weighted by Crippen LogP contribution is -1.55. The molecule has 0 heterocycles. The van der Waals surface area contributed by atoms with E-state index in [4.69, 9.17) is 0 Å². The van der Waals surface area contributed by atoms with Crippen molar-refractivity contribution in [3.63, 3.8) is 0 Å². The van der Waals surface area contributed by atoms with Gasteiger partial charge in [0.2, 0.25) is 0 Å². The molecule has 0 unspecified atom stereocenters. The standard InChI is InChI=1S/C5H9F/c1-3-4-5(2)6/h4H,3H2,1-2H3. The van der Waals surface area contributed by atoms with Crippen LogP contribution in [0.3, 0.4) is 0 Å². The van der Waals surface area contributed by atoms with E-state index in [-0.39, 0.29) is 5.83 Å².